The summed E-state index contributed by atoms with van der Waals surface area (Å²) in [6, 6.07) is 5.59. The van der Waals surface area contributed by atoms with E-state index < -0.39 is 5.91 Å². The average molecular weight is 334 g/mol. The molecule has 1 rings (SSSR count). The van der Waals surface area contributed by atoms with Crippen LogP contribution in [0.5, 0.6) is 5.75 Å². The minimum Gasteiger partial charge on any atom is -0.432 e. The van der Waals surface area contributed by atoms with Crippen LogP contribution < -0.4 is 10.5 Å². The molecule has 0 aliphatic heterocycles. The Kier molecular flexibility index (Phi) is 4.53. The van der Waals surface area contributed by atoms with Crippen molar-refractivity contribution >= 4 is 34.4 Å². The van der Waals surface area contributed by atoms with Crippen LogP contribution in [0, 0.1) is 10.5 Å². The number of nitrogens with zero attached hydrogens (tertiary/aromatic N) is 1. The van der Waals surface area contributed by atoms with Crippen molar-refractivity contribution in [3.8, 4) is 5.75 Å². The van der Waals surface area contributed by atoms with Crippen molar-refractivity contribution in [3.05, 3.63) is 27.3 Å². The van der Waals surface area contributed by atoms with Crippen LogP contribution in [0.25, 0.3) is 0 Å². The molecule has 2 N–H and O–H groups in total. The van der Waals surface area contributed by atoms with Gasteiger partial charge in [0.25, 0.3) is 0 Å². The summed E-state index contributed by atoms with van der Waals surface area (Å²) in [7, 11) is 1.31. The Morgan fingerprint density at radius 3 is 2.75 bits per heavy atom. The molecule has 86 valence electrons. The highest BCUT2D eigenvalue weighted by molar-refractivity contribution is 14.1. The van der Waals surface area contributed by atoms with Gasteiger partial charge in [-0.1, -0.05) is 6.07 Å². The Balaban J connectivity index is 2.98. The number of aryl methyl sites for hydroxylation is 1. The van der Waals surface area contributed by atoms with Gasteiger partial charge in [0.2, 0.25) is 0 Å². The summed E-state index contributed by atoms with van der Waals surface area (Å²) in [5.74, 6) is -0.519. The van der Waals surface area contributed by atoms with Crippen molar-refractivity contribution in [3.63, 3.8) is 0 Å². The van der Waals surface area contributed by atoms with Gasteiger partial charge in [-0.2, -0.15) is 0 Å². The molecule has 1 aromatic carbocycles. The Morgan fingerprint density at radius 2 is 2.19 bits per heavy atom. The van der Waals surface area contributed by atoms with Crippen molar-refractivity contribution in [2.45, 2.75) is 6.92 Å². The van der Waals surface area contributed by atoms with Gasteiger partial charge in [0.15, 0.2) is 0 Å². The van der Waals surface area contributed by atoms with E-state index in [1.54, 1.807) is 6.07 Å². The number of hydrogen-bond donors (Lipinski definition) is 1. The Hall–Kier alpha value is -1.31. The maximum atomic E-state index is 11.0. The molecule has 0 fully saturated rings. The first-order valence-corrected chi connectivity index (χ1v) is 5.47. The predicted octanol–water partition coefficient (Wildman–Crippen LogP) is 1.42. The molecule has 16 heavy (non-hydrogen) atoms. The third kappa shape index (κ3) is 3.37. The fourth-order valence-electron chi connectivity index (χ4n) is 0.985. The average Bonchev–Trinajstić information content (AvgIpc) is 2.22. The number of carbonyl (C=O) groups excluding carboxylic acids is 1. The second kappa shape index (κ2) is 5.69. The van der Waals surface area contributed by atoms with E-state index in [0.717, 1.165) is 9.13 Å². The smallest absolute Gasteiger partial charge is 0.321 e. The van der Waals surface area contributed by atoms with Crippen LogP contribution in [0.3, 0.4) is 0 Å². The van der Waals surface area contributed by atoms with Crippen molar-refractivity contribution in [2.24, 2.45) is 10.9 Å². The molecule has 0 spiro atoms. The van der Waals surface area contributed by atoms with Crippen LogP contribution in [-0.2, 0) is 9.63 Å². The minimum absolute atomic E-state index is 0.271. The molecule has 0 atom stereocenters. The van der Waals surface area contributed by atoms with Gasteiger partial charge in [0.05, 0.1) is 0 Å². The molecule has 0 bridgehead atoms. The number of rotatable bonds is 2. The van der Waals surface area contributed by atoms with E-state index in [2.05, 4.69) is 32.6 Å². The van der Waals surface area contributed by atoms with Crippen LogP contribution in [-0.4, -0.2) is 18.9 Å². The first-order chi connectivity index (χ1) is 7.54. The second-order valence-corrected chi connectivity index (χ2v) is 4.20. The summed E-state index contributed by atoms with van der Waals surface area (Å²) >= 11 is 2.14. The van der Waals surface area contributed by atoms with E-state index in [1.807, 2.05) is 19.1 Å². The van der Waals surface area contributed by atoms with Gasteiger partial charge in [0.1, 0.15) is 12.9 Å². The zero-order chi connectivity index (χ0) is 12.1. The van der Waals surface area contributed by atoms with Crippen LogP contribution in [0.2, 0.25) is 0 Å². The van der Waals surface area contributed by atoms with Gasteiger partial charge in [-0.3, -0.25) is 4.79 Å². The first kappa shape index (κ1) is 12.8. The van der Waals surface area contributed by atoms with Crippen LogP contribution in [0.1, 0.15) is 5.56 Å². The first-order valence-electron chi connectivity index (χ1n) is 4.39. The molecule has 1 aromatic rings. The van der Waals surface area contributed by atoms with E-state index in [9.17, 15) is 4.79 Å². The molecule has 0 saturated heterocycles. The molecule has 0 aromatic heterocycles. The van der Waals surface area contributed by atoms with Crippen molar-refractivity contribution in [2.75, 3.05) is 7.11 Å². The number of halogens is 1. The molecule has 0 aliphatic rings. The van der Waals surface area contributed by atoms with E-state index in [1.165, 1.54) is 7.11 Å². The number of ether oxygens (including phenoxy) is 1. The minimum atomic E-state index is -0.778. The molecular weight excluding hydrogens is 323 g/mol. The molecule has 0 unspecified atom stereocenters. The molecular formula is C10H11IN2O3. The SMILES string of the molecule is CON=C(Oc1cc(I)ccc1C)C(N)=O. The lowest BCUT2D eigenvalue weighted by atomic mass is 10.2. The molecule has 6 heteroatoms. The maximum Gasteiger partial charge on any atom is 0.321 e. The van der Waals surface area contributed by atoms with Gasteiger partial charge in [-0.05, 0) is 52.4 Å². The summed E-state index contributed by atoms with van der Waals surface area (Å²) in [6.07, 6.45) is 0. The third-order valence-electron chi connectivity index (χ3n) is 1.74. The normalized spacial score (nSPS) is 11.1. The monoisotopic (exact) mass is 334 g/mol. The summed E-state index contributed by atoms with van der Waals surface area (Å²) in [5.41, 5.74) is 5.96. The molecule has 0 saturated carbocycles. The fourth-order valence-corrected chi connectivity index (χ4v) is 1.45. The number of amides is 1. The second-order valence-electron chi connectivity index (χ2n) is 2.96. The van der Waals surface area contributed by atoms with Crippen molar-refractivity contribution in [1.29, 1.82) is 0 Å². The lowest BCUT2D eigenvalue weighted by Gasteiger charge is -2.08. The number of carbonyl (C=O) groups is 1. The van der Waals surface area contributed by atoms with Gasteiger partial charge in [-0.15, -0.1) is 0 Å². The van der Waals surface area contributed by atoms with E-state index in [4.69, 9.17) is 10.5 Å². The highest BCUT2D eigenvalue weighted by atomic mass is 127. The van der Waals surface area contributed by atoms with Crippen LogP contribution in [0.4, 0.5) is 0 Å². The molecule has 1 amide bonds. The number of benzene rings is 1. The predicted molar refractivity (Wildman–Crippen MR) is 68.2 cm³/mol. The Labute approximate surface area is 107 Å². The summed E-state index contributed by atoms with van der Waals surface area (Å²) in [4.78, 5) is 15.4. The number of oxime groups is 1. The standard InChI is InChI=1S/C10H11IN2O3/c1-6-3-4-7(11)5-8(6)16-10(9(12)14)13-15-2/h3-5H,1-2H3,(H2,12,14). The number of hydrogen-bond acceptors (Lipinski definition) is 4. The quantitative estimate of drug-likeness (QED) is 0.385. The van der Waals surface area contributed by atoms with Gasteiger partial charge in [-0.25, -0.2) is 0 Å². The lowest BCUT2D eigenvalue weighted by Crippen LogP contribution is -2.28. The highest BCUT2D eigenvalue weighted by Crippen LogP contribution is 2.20. The molecule has 5 nitrogen and oxygen atoms in total. The van der Waals surface area contributed by atoms with E-state index in [0.29, 0.717) is 5.75 Å². The zero-order valence-corrected chi connectivity index (χ0v) is 11.0. The van der Waals surface area contributed by atoms with E-state index >= 15 is 0 Å². The van der Waals surface area contributed by atoms with Crippen molar-refractivity contribution in [1.82, 2.24) is 0 Å². The fraction of sp³-hybridized carbons (Fsp3) is 0.200. The van der Waals surface area contributed by atoms with Gasteiger partial charge < -0.3 is 15.3 Å². The molecule has 0 heterocycles. The molecule has 0 aliphatic carbocycles. The topological polar surface area (TPSA) is 73.9 Å². The highest BCUT2D eigenvalue weighted by Gasteiger charge is 2.12. The van der Waals surface area contributed by atoms with E-state index in [-0.39, 0.29) is 5.90 Å². The number of nitrogens with two attached hydrogens (primary N) is 1. The third-order valence-corrected chi connectivity index (χ3v) is 2.41. The van der Waals surface area contributed by atoms with Crippen molar-refractivity contribution < 1.29 is 14.4 Å². The van der Waals surface area contributed by atoms with Crippen LogP contribution in [0.15, 0.2) is 23.4 Å². The summed E-state index contributed by atoms with van der Waals surface area (Å²) in [6.45, 7) is 1.86. The Morgan fingerprint density at radius 1 is 1.50 bits per heavy atom. The summed E-state index contributed by atoms with van der Waals surface area (Å²) in [5, 5.41) is 3.41. The van der Waals surface area contributed by atoms with Gasteiger partial charge >= 0.3 is 11.8 Å². The van der Waals surface area contributed by atoms with Gasteiger partial charge in [0, 0.05) is 3.57 Å². The largest absolute Gasteiger partial charge is 0.432 e. The van der Waals surface area contributed by atoms with Crippen LogP contribution >= 0.6 is 22.6 Å². The lowest BCUT2D eigenvalue weighted by molar-refractivity contribution is -0.113. The molecule has 0 radical (unpaired) electrons. The summed E-state index contributed by atoms with van der Waals surface area (Å²) < 4.78 is 6.26. The zero-order valence-electron chi connectivity index (χ0n) is 8.86. The maximum absolute atomic E-state index is 11.0. The number of primary amides is 1. The Bertz CT molecular complexity index is 432.